The van der Waals surface area contributed by atoms with Crippen molar-refractivity contribution >= 4 is 33.9 Å². The molecule has 3 heterocycles. The minimum Gasteiger partial charge on any atom is -0.383 e. The quantitative estimate of drug-likeness (QED) is 0.262. The Labute approximate surface area is 226 Å². The fraction of sp³-hybridized carbons (Fsp3) is 0.393. The fourth-order valence-corrected chi connectivity index (χ4v) is 4.83. The summed E-state index contributed by atoms with van der Waals surface area (Å²) in [5.41, 5.74) is 5.43. The third-order valence-electron chi connectivity index (χ3n) is 6.68. The summed E-state index contributed by atoms with van der Waals surface area (Å²) in [4.78, 5) is 8.51. The molecule has 0 aliphatic heterocycles. The van der Waals surface area contributed by atoms with Crippen LogP contribution in [0.15, 0.2) is 30.5 Å². The molecule has 1 atom stereocenters. The van der Waals surface area contributed by atoms with E-state index in [-0.39, 0.29) is 5.41 Å². The van der Waals surface area contributed by atoms with Gasteiger partial charge in [0.25, 0.3) is 0 Å². The molecule has 1 fully saturated rings. The third kappa shape index (κ3) is 5.14. The standard InChI is InChI=1S/C28H30ClFN8/c1-15-20(8-9-23(30)34-15)27(24-16(2)38(37-36-24)19-6-7-19)35-18-10-21-25(33-14-28(3,4)5)17(12-31)13-32-26(21)22(29)11-18/h8-11,13,19,27,35H,6-7,14H2,1-5H3,(H,32,33). The molecule has 4 aromatic rings. The highest BCUT2D eigenvalue weighted by Gasteiger charge is 2.31. The molecule has 1 unspecified atom stereocenters. The van der Waals surface area contributed by atoms with Crippen molar-refractivity contribution in [2.24, 2.45) is 5.41 Å². The zero-order chi connectivity index (χ0) is 27.2. The summed E-state index contributed by atoms with van der Waals surface area (Å²) < 4.78 is 15.9. The topological polar surface area (TPSA) is 104 Å². The van der Waals surface area contributed by atoms with E-state index >= 15 is 0 Å². The van der Waals surface area contributed by atoms with Crippen molar-refractivity contribution in [1.29, 1.82) is 5.26 Å². The predicted molar refractivity (Wildman–Crippen MR) is 147 cm³/mol. The molecule has 1 aromatic carbocycles. The maximum absolute atomic E-state index is 13.9. The van der Waals surface area contributed by atoms with Crippen LogP contribution >= 0.6 is 11.6 Å². The lowest BCUT2D eigenvalue weighted by atomic mass is 9.96. The van der Waals surface area contributed by atoms with Gasteiger partial charge in [0.1, 0.15) is 11.8 Å². The smallest absolute Gasteiger partial charge is 0.213 e. The molecule has 0 bridgehead atoms. The lowest BCUT2D eigenvalue weighted by molar-refractivity contribution is 0.443. The van der Waals surface area contributed by atoms with E-state index < -0.39 is 12.0 Å². The average molecular weight is 533 g/mol. The normalized spacial score (nSPS) is 14.4. The monoisotopic (exact) mass is 532 g/mol. The highest BCUT2D eigenvalue weighted by Crippen LogP contribution is 2.39. The van der Waals surface area contributed by atoms with Crippen LogP contribution in [-0.4, -0.2) is 31.5 Å². The second-order valence-electron chi connectivity index (χ2n) is 11.0. The van der Waals surface area contributed by atoms with Crippen LogP contribution in [0, 0.1) is 36.5 Å². The number of nitrogens with zero attached hydrogens (tertiary/aromatic N) is 6. The summed E-state index contributed by atoms with van der Waals surface area (Å²) in [6.07, 6.45) is 3.71. The van der Waals surface area contributed by atoms with E-state index in [2.05, 4.69) is 57.8 Å². The summed E-state index contributed by atoms with van der Waals surface area (Å²) in [5.74, 6) is -0.540. The third-order valence-corrected chi connectivity index (χ3v) is 6.97. The number of fused-ring (bicyclic) bond motifs is 1. The highest BCUT2D eigenvalue weighted by atomic mass is 35.5. The summed E-state index contributed by atoms with van der Waals surface area (Å²) in [6.45, 7) is 10.8. The molecule has 196 valence electrons. The van der Waals surface area contributed by atoms with Gasteiger partial charge in [-0.05, 0) is 50.3 Å². The molecule has 3 aromatic heterocycles. The van der Waals surface area contributed by atoms with Crippen LogP contribution in [0.1, 0.15) is 73.9 Å². The van der Waals surface area contributed by atoms with E-state index in [0.29, 0.717) is 45.8 Å². The van der Waals surface area contributed by atoms with Gasteiger partial charge < -0.3 is 10.6 Å². The van der Waals surface area contributed by atoms with Gasteiger partial charge in [0.05, 0.1) is 39.6 Å². The Balaban J connectivity index is 1.62. The number of aryl methyl sites for hydroxylation is 1. The van der Waals surface area contributed by atoms with Crippen molar-refractivity contribution in [2.45, 2.75) is 59.5 Å². The SMILES string of the molecule is Cc1nc(F)ccc1C(Nc1cc(Cl)c2ncc(C#N)c(NCC(C)(C)C)c2c1)c1nnn(C2CC2)c1C. The molecule has 2 N–H and O–H groups in total. The lowest BCUT2D eigenvalue weighted by Gasteiger charge is -2.23. The maximum Gasteiger partial charge on any atom is 0.213 e. The Hall–Kier alpha value is -3.77. The second-order valence-corrected chi connectivity index (χ2v) is 11.5. The van der Waals surface area contributed by atoms with Crippen LogP contribution in [0.2, 0.25) is 5.02 Å². The lowest BCUT2D eigenvalue weighted by Crippen LogP contribution is -2.20. The second kappa shape index (κ2) is 9.84. The minimum atomic E-state index is -0.540. The van der Waals surface area contributed by atoms with E-state index in [1.807, 2.05) is 17.7 Å². The van der Waals surface area contributed by atoms with Gasteiger partial charge in [-0.1, -0.05) is 43.7 Å². The Morgan fingerprint density at radius 1 is 1.24 bits per heavy atom. The van der Waals surface area contributed by atoms with Crippen LogP contribution in [0.4, 0.5) is 15.8 Å². The minimum absolute atomic E-state index is 0.00884. The van der Waals surface area contributed by atoms with Crippen molar-refractivity contribution in [3.63, 3.8) is 0 Å². The molecule has 1 aliphatic carbocycles. The summed E-state index contributed by atoms with van der Waals surface area (Å²) in [5, 5.41) is 26.9. The van der Waals surface area contributed by atoms with Gasteiger partial charge in [0.2, 0.25) is 5.95 Å². The Bertz CT molecular complexity index is 1560. The fourth-order valence-electron chi connectivity index (χ4n) is 4.56. The van der Waals surface area contributed by atoms with Crippen molar-refractivity contribution in [2.75, 3.05) is 17.2 Å². The van der Waals surface area contributed by atoms with Gasteiger partial charge in [-0.3, -0.25) is 4.98 Å². The Kier molecular flexibility index (Phi) is 6.70. The maximum atomic E-state index is 13.9. The molecule has 8 nitrogen and oxygen atoms in total. The number of pyridine rings is 2. The van der Waals surface area contributed by atoms with E-state index in [9.17, 15) is 9.65 Å². The number of anilines is 2. The molecule has 0 saturated heterocycles. The van der Waals surface area contributed by atoms with Crippen LogP contribution < -0.4 is 10.6 Å². The first-order valence-electron chi connectivity index (χ1n) is 12.6. The molecule has 38 heavy (non-hydrogen) atoms. The van der Waals surface area contributed by atoms with E-state index in [4.69, 9.17) is 11.6 Å². The number of benzene rings is 1. The molecule has 10 heteroatoms. The highest BCUT2D eigenvalue weighted by molar-refractivity contribution is 6.35. The van der Waals surface area contributed by atoms with E-state index in [0.717, 1.165) is 35.2 Å². The van der Waals surface area contributed by atoms with E-state index in [1.165, 1.54) is 6.07 Å². The number of aromatic nitrogens is 5. The molecular weight excluding hydrogens is 503 g/mol. The van der Waals surface area contributed by atoms with Crippen molar-refractivity contribution in [3.05, 3.63) is 69.6 Å². The van der Waals surface area contributed by atoms with Crippen LogP contribution in [0.3, 0.4) is 0 Å². The van der Waals surface area contributed by atoms with E-state index in [1.54, 1.807) is 25.3 Å². The van der Waals surface area contributed by atoms with Gasteiger partial charge >= 0.3 is 0 Å². The molecule has 1 saturated carbocycles. The zero-order valence-corrected chi connectivity index (χ0v) is 22.9. The van der Waals surface area contributed by atoms with Gasteiger partial charge in [0.15, 0.2) is 0 Å². The van der Waals surface area contributed by atoms with Crippen LogP contribution in [0.25, 0.3) is 10.9 Å². The molecule has 0 radical (unpaired) electrons. The number of halogens is 2. The largest absolute Gasteiger partial charge is 0.383 e. The number of hydrogen-bond acceptors (Lipinski definition) is 7. The molecular formula is C28H30ClFN8. The summed E-state index contributed by atoms with van der Waals surface area (Å²) in [6, 6.07) is 8.96. The molecule has 1 aliphatic rings. The van der Waals surface area contributed by atoms with Crippen LogP contribution in [-0.2, 0) is 0 Å². The summed E-state index contributed by atoms with van der Waals surface area (Å²) in [7, 11) is 0. The van der Waals surface area contributed by atoms with Gasteiger partial charge in [0, 0.05) is 35.1 Å². The van der Waals surface area contributed by atoms with Crippen molar-refractivity contribution < 1.29 is 4.39 Å². The Morgan fingerprint density at radius 2 is 2.00 bits per heavy atom. The summed E-state index contributed by atoms with van der Waals surface area (Å²) >= 11 is 6.73. The first-order valence-corrected chi connectivity index (χ1v) is 13.0. The number of nitriles is 1. The van der Waals surface area contributed by atoms with Crippen molar-refractivity contribution in [1.82, 2.24) is 25.0 Å². The van der Waals surface area contributed by atoms with Gasteiger partial charge in [-0.2, -0.15) is 9.65 Å². The first kappa shape index (κ1) is 25.9. The molecule has 0 spiro atoms. The van der Waals surface area contributed by atoms with Gasteiger partial charge in [-0.15, -0.1) is 5.10 Å². The Morgan fingerprint density at radius 3 is 2.66 bits per heavy atom. The molecule has 0 amide bonds. The number of hydrogen-bond donors (Lipinski definition) is 2. The molecule has 5 rings (SSSR count). The predicted octanol–water partition coefficient (Wildman–Crippen LogP) is 6.50. The number of nitrogens with one attached hydrogen (secondary N) is 2. The van der Waals surface area contributed by atoms with Crippen molar-refractivity contribution in [3.8, 4) is 6.07 Å². The first-order chi connectivity index (χ1) is 18.1. The van der Waals surface area contributed by atoms with Crippen LogP contribution in [0.5, 0.6) is 0 Å². The number of rotatable bonds is 7. The van der Waals surface area contributed by atoms with Gasteiger partial charge in [-0.25, -0.2) is 9.67 Å². The zero-order valence-electron chi connectivity index (χ0n) is 22.1. The average Bonchev–Trinajstić information content (AvgIpc) is 3.62.